The number of carbonyl (C=O) groups is 1. The van der Waals surface area contributed by atoms with Crippen LogP contribution in [0.2, 0.25) is 0 Å². The third-order valence-electron chi connectivity index (χ3n) is 1.69. The molecule has 0 radical (unpaired) electrons. The van der Waals surface area contributed by atoms with Gasteiger partial charge >= 0.3 is 0 Å². The Morgan fingerprint density at radius 1 is 1.38 bits per heavy atom. The van der Waals surface area contributed by atoms with Gasteiger partial charge in [-0.2, -0.15) is 0 Å². The lowest BCUT2D eigenvalue weighted by atomic mass is 10.1. The van der Waals surface area contributed by atoms with Gasteiger partial charge in [0.15, 0.2) is 0 Å². The molecule has 0 aromatic heterocycles. The molecule has 0 aliphatic heterocycles. The number of hydrogen-bond donors (Lipinski definition) is 2. The molecule has 3 nitrogen and oxygen atoms in total. The van der Waals surface area contributed by atoms with E-state index in [0.717, 1.165) is 0 Å². The first-order valence-corrected chi connectivity index (χ1v) is 4.23. The number of nitrogens with two attached hydrogens (primary N) is 1. The van der Waals surface area contributed by atoms with Crippen LogP contribution in [0.25, 0.3) is 0 Å². The second-order valence-corrected chi connectivity index (χ2v) is 3.13. The predicted octanol–water partition coefficient (Wildman–Crippen LogP) is 0.813. The van der Waals surface area contributed by atoms with Crippen LogP contribution in [0.4, 0.5) is 0 Å². The fraction of sp³-hybridized carbons (Fsp3) is 0.222. The zero-order chi connectivity index (χ0) is 9.84. The molecule has 4 heteroatoms. The molecule has 0 saturated heterocycles. The highest BCUT2D eigenvalue weighted by molar-refractivity contribution is 6.31. The Kier molecular flexibility index (Phi) is 3.28. The first-order valence-electron chi connectivity index (χ1n) is 3.79. The van der Waals surface area contributed by atoms with Crippen LogP contribution in [0, 0.1) is 0 Å². The highest BCUT2D eigenvalue weighted by atomic mass is 35.5. The molecule has 0 heterocycles. The van der Waals surface area contributed by atoms with Crippen LogP contribution >= 0.6 is 11.6 Å². The molecule has 0 aliphatic rings. The van der Waals surface area contributed by atoms with Crippen molar-refractivity contribution < 1.29 is 9.90 Å². The Bertz CT molecular complexity index is 289. The van der Waals surface area contributed by atoms with E-state index in [-0.39, 0.29) is 0 Å². The quantitative estimate of drug-likeness (QED) is 0.708. The Hall–Kier alpha value is -1.06. The zero-order valence-electron chi connectivity index (χ0n) is 6.85. The molecular weight excluding hydrogens is 190 g/mol. The Labute approximate surface area is 81.1 Å². The molecule has 1 aromatic carbocycles. The van der Waals surface area contributed by atoms with Crippen molar-refractivity contribution in [1.29, 1.82) is 0 Å². The maximum absolute atomic E-state index is 10.6. The summed E-state index contributed by atoms with van der Waals surface area (Å²) in [5, 5.41) is 8.45. The second-order valence-electron chi connectivity index (χ2n) is 2.66. The van der Waals surface area contributed by atoms with E-state index in [1.54, 1.807) is 24.3 Å². The number of hydrogen-bond acceptors (Lipinski definition) is 2. The van der Waals surface area contributed by atoms with E-state index in [2.05, 4.69) is 0 Å². The first kappa shape index (κ1) is 10.0. The number of aliphatic hydroxyl groups is 1. The molecule has 1 aromatic rings. The van der Waals surface area contributed by atoms with Gasteiger partial charge in [0.2, 0.25) is 5.91 Å². The normalized spacial score (nSPS) is 14.9. The van der Waals surface area contributed by atoms with E-state index in [0.29, 0.717) is 5.56 Å². The van der Waals surface area contributed by atoms with Gasteiger partial charge in [0.25, 0.3) is 0 Å². The number of alkyl halides is 1. The van der Waals surface area contributed by atoms with Crippen LogP contribution in [0.5, 0.6) is 0 Å². The molecular formula is C9H10ClNO2. The lowest BCUT2D eigenvalue weighted by molar-refractivity contribution is -0.119. The Morgan fingerprint density at radius 3 is 2.38 bits per heavy atom. The monoisotopic (exact) mass is 199 g/mol. The molecule has 0 spiro atoms. The van der Waals surface area contributed by atoms with E-state index in [1.165, 1.54) is 0 Å². The molecule has 0 fully saturated rings. The SMILES string of the molecule is NC(=O)[C@H](Cl)[C@@H](O)c1ccccc1. The molecule has 3 N–H and O–H groups in total. The van der Waals surface area contributed by atoms with Gasteiger partial charge in [-0.15, -0.1) is 11.6 Å². The maximum Gasteiger partial charge on any atom is 0.238 e. The van der Waals surface area contributed by atoms with Crippen molar-refractivity contribution in [3.63, 3.8) is 0 Å². The van der Waals surface area contributed by atoms with Crippen molar-refractivity contribution in [2.45, 2.75) is 11.5 Å². The topological polar surface area (TPSA) is 63.3 Å². The van der Waals surface area contributed by atoms with Gasteiger partial charge in [-0.1, -0.05) is 30.3 Å². The molecule has 13 heavy (non-hydrogen) atoms. The summed E-state index contributed by atoms with van der Waals surface area (Å²) in [5.41, 5.74) is 5.53. The summed E-state index contributed by atoms with van der Waals surface area (Å²) >= 11 is 5.58. The van der Waals surface area contributed by atoms with Gasteiger partial charge < -0.3 is 10.8 Å². The predicted molar refractivity (Wildman–Crippen MR) is 50.2 cm³/mol. The second kappa shape index (κ2) is 4.25. The van der Waals surface area contributed by atoms with Gasteiger partial charge in [-0.3, -0.25) is 4.79 Å². The van der Waals surface area contributed by atoms with Gasteiger partial charge in [-0.25, -0.2) is 0 Å². The summed E-state index contributed by atoms with van der Waals surface area (Å²) in [6.45, 7) is 0. The number of primary amides is 1. The van der Waals surface area contributed by atoms with Crippen molar-refractivity contribution in [3.05, 3.63) is 35.9 Å². The Balaban J connectivity index is 2.79. The molecule has 0 bridgehead atoms. The van der Waals surface area contributed by atoms with Crippen molar-refractivity contribution in [1.82, 2.24) is 0 Å². The fourth-order valence-corrected chi connectivity index (χ4v) is 1.12. The molecule has 1 amide bonds. The first-order chi connectivity index (χ1) is 6.13. The summed E-state index contributed by atoms with van der Waals surface area (Å²) in [6.07, 6.45) is -1.04. The molecule has 0 unspecified atom stereocenters. The number of rotatable bonds is 3. The molecule has 70 valence electrons. The van der Waals surface area contributed by atoms with Gasteiger partial charge in [-0.05, 0) is 5.56 Å². The number of aliphatic hydroxyl groups excluding tert-OH is 1. The van der Waals surface area contributed by atoms with E-state index >= 15 is 0 Å². The summed E-state index contributed by atoms with van der Waals surface area (Å²) in [6, 6.07) is 8.68. The summed E-state index contributed by atoms with van der Waals surface area (Å²) in [4.78, 5) is 10.6. The largest absolute Gasteiger partial charge is 0.386 e. The smallest absolute Gasteiger partial charge is 0.238 e. The molecule has 0 saturated carbocycles. The minimum atomic E-state index is -1.08. The van der Waals surface area contributed by atoms with Gasteiger partial charge in [0, 0.05) is 0 Å². The number of benzene rings is 1. The van der Waals surface area contributed by atoms with Crippen LogP contribution in [0.1, 0.15) is 11.7 Å². The Morgan fingerprint density at radius 2 is 1.92 bits per heavy atom. The third-order valence-corrected chi connectivity index (χ3v) is 2.14. The zero-order valence-corrected chi connectivity index (χ0v) is 7.61. The lowest BCUT2D eigenvalue weighted by Crippen LogP contribution is -2.29. The van der Waals surface area contributed by atoms with Crippen molar-refractivity contribution >= 4 is 17.5 Å². The number of halogens is 1. The van der Waals surface area contributed by atoms with Crippen LogP contribution < -0.4 is 5.73 Å². The summed E-state index contributed by atoms with van der Waals surface area (Å²) < 4.78 is 0. The molecule has 2 atom stereocenters. The maximum atomic E-state index is 10.6. The number of carbonyl (C=O) groups excluding carboxylic acids is 1. The van der Waals surface area contributed by atoms with E-state index in [4.69, 9.17) is 17.3 Å². The van der Waals surface area contributed by atoms with Crippen molar-refractivity contribution in [2.24, 2.45) is 5.73 Å². The molecule has 1 rings (SSSR count). The van der Waals surface area contributed by atoms with Crippen LogP contribution in [0.15, 0.2) is 30.3 Å². The lowest BCUT2D eigenvalue weighted by Gasteiger charge is -2.13. The van der Waals surface area contributed by atoms with Gasteiger partial charge in [0.1, 0.15) is 11.5 Å². The van der Waals surface area contributed by atoms with E-state index < -0.39 is 17.4 Å². The fourth-order valence-electron chi connectivity index (χ4n) is 0.975. The van der Waals surface area contributed by atoms with Crippen molar-refractivity contribution in [2.75, 3.05) is 0 Å². The average Bonchev–Trinajstić information content (AvgIpc) is 2.17. The van der Waals surface area contributed by atoms with E-state index in [1.807, 2.05) is 6.07 Å². The highest BCUT2D eigenvalue weighted by Gasteiger charge is 2.22. The highest BCUT2D eigenvalue weighted by Crippen LogP contribution is 2.20. The van der Waals surface area contributed by atoms with Gasteiger partial charge in [0.05, 0.1) is 0 Å². The summed E-state index contributed by atoms with van der Waals surface area (Å²) in [7, 11) is 0. The summed E-state index contributed by atoms with van der Waals surface area (Å²) in [5.74, 6) is -0.724. The minimum absolute atomic E-state index is 0.585. The van der Waals surface area contributed by atoms with Crippen LogP contribution in [-0.2, 0) is 4.79 Å². The van der Waals surface area contributed by atoms with Crippen LogP contribution in [0.3, 0.4) is 0 Å². The van der Waals surface area contributed by atoms with Crippen molar-refractivity contribution in [3.8, 4) is 0 Å². The minimum Gasteiger partial charge on any atom is -0.386 e. The van der Waals surface area contributed by atoms with Crippen LogP contribution in [-0.4, -0.2) is 16.4 Å². The average molecular weight is 200 g/mol. The van der Waals surface area contributed by atoms with E-state index in [9.17, 15) is 9.90 Å². The third kappa shape index (κ3) is 2.44. The standard InChI is InChI=1S/C9H10ClNO2/c10-7(9(11)13)8(12)6-4-2-1-3-5-6/h1-5,7-8,12H,(H2,11,13)/t7-,8+/m1/s1. The number of amides is 1. The molecule has 0 aliphatic carbocycles.